The van der Waals surface area contributed by atoms with Gasteiger partial charge in [-0.25, -0.2) is 14.8 Å². The Morgan fingerprint density at radius 1 is 1.12 bits per heavy atom. The van der Waals surface area contributed by atoms with Gasteiger partial charge in [-0.15, -0.1) is 11.3 Å². The van der Waals surface area contributed by atoms with Gasteiger partial charge in [-0.2, -0.15) is 18.3 Å². The van der Waals surface area contributed by atoms with E-state index in [9.17, 15) is 22.4 Å². The van der Waals surface area contributed by atoms with E-state index in [2.05, 4.69) is 20.8 Å². The van der Waals surface area contributed by atoms with Gasteiger partial charge in [0, 0.05) is 16.6 Å². The zero-order valence-corrected chi connectivity index (χ0v) is 23.0. The number of nitrogens with zero attached hydrogens (tertiary/aromatic N) is 2. The molecule has 0 saturated heterocycles. The number of nitrogens with one attached hydrogen (secondary N) is 2. The molecule has 0 unspecified atom stereocenters. The van der Waals surface area contributed by atoms with Gasteiger partial charge >= 0.3 is 6.18 Å². The van der Waals surface area contributed by atoms with Gasteiger partial charge in [-0.1, -0.05) is 35.9 Å². The lowest BCUT2D eigenvalue weighted by Crippen LogP contribution is -2.20. The number of thiazole rings is 1. The molecule has 2 N–H and O–H groups in total. The van der Waals surface area contributed by atoms with Crippen molar-refractivity contribution in [2.24, 2.45) is 5.10 Å². The Kier molecular flexibility index (Phi) is 9.79. The number of rotatable bonds is 11. The molecule has 0 bridgehead atoms. The van der Waals surface area contributed by atoms with E-state index in [4.69, 9.17) is 21.1 Å². The van der Waals surface area contributed by atoms with Crippen molar-refractivity contribution < 1.29 is 31.8 Å². The van der Waals surface area contributed by atoms with Gasteiger partial charge in [-0.3, -0.25) is 4.79 Å². The summed E-state index contributed by atoms with van der Waals surface area (Å²) in [5.41, 5.74) is 3.12. The molecule has 0 aliphatic rings. The van der Waals surface area contributed by atoms with Crippen LogP contribution in [-0.2, 0) is 24.0 Å². The van der Waals surface area contributed by atoms with E-state index in [0.717, 1.165) is 23.5 Å². The van der Waals surface area contributed by atoms with Crippen LogP contribution >= 0.6 is 22.9 Å². The molecule has 1 amide bonds. The minimum absolute atomic E-state index is 0.0518. The zero-order valence-electron chi connectivity index (χ0n) is 21.5. The van der Waals surface area contributed by atoms with E-state index in [1.165, 1.54) is 24.4 Å². The maximum Gasteiger partial charge on any atom is 0.416 e. The number of carbonyl (C=O) groups is 1. The Labute approximate surface area is 241 Å². The van der Waals surface area contributed by atoms with Crippen molar-refractivity contribution >= 4 is 45.9 Å². The third-order valence-electron chi connectivity index (χ3n) is 5.40. The Balaban J connectivity index is 1.34. The lowest BCUT2D eigenvalue weighted by molar-refractivity contribution is -0.137. The highest BCUT2D eigenvalue weighted by Gasteiger charge is 2.30. The number of hydrazone groups is 1. The van der Waals surface area contributed by atoms with Crippen LogP contribution in [0.3, 0.4) is 0 Å². The molecule has 0 aliphatic carbocycles. The Morgan fingerprint density at radius 2 is 1.93 bits per heavy atom. The smallest absolute Gasteiger partial charge is 0.416 e. The van der Waals surface area contributed by atoms with Crippen LogP contribution in [0.4, 0.5) is 28.4 Å². The molecular formula is C28H23ClF4N4O3S. The standard InChI is InChI=1S/C28H23ClF4N4O3S/c1-2-39-24-11-17(10-22(29)26(24)40-15-18-6-3-4-9-23(18)30)14-34-37-25(38)13-21-16-41-27(36-21)35-20-8-5-7-19(12-20)28(31,32)33/h3-12,14,16H,2,13,15H2,1H3,(H,35,36)(H,37,38)/b34-14-. The summed E-state index contributed by atoms with van der Waals surface area (Å²) in [6.07, 6.45) is -3.19. The molecule has 7 nitrogen and oxygen atoms in total. The van der Waals surface area contributed by atoms with Crippen LogP contribution in [-0.4, -0.2) is 23.7 Å². The molecule has 3 aromatic carbocycles. The van der Waals surface area contributed by atoms with E-state index in [1.54, 1.807) is 42.6 Å². The summed E-state index contributed by atoms with van der Waals surface area (Å²) in [6, 6.07) is 14.1. The van der Waals surface area contributed by atoms with Gasteiger partial charge in [0.1, 0.15) is 12.4 Å². The van der Waals surface area contributed by atoms with Gasteiger partial charge < -0.3 is 14.8 Å². The van der Waals surface area contributed by atoms with E-state index in [0.29, 0.717) is 34.3 Å². The minimum Gasteiger partial charge on any atom is -0.490 e. The number of carbonyl (C=O) groups excluding carboxylic acids is 1. The number of hydrogen-bond donors (Lipinski definition) is 2. The fraction of sp³-hybridized carbons (Fsp3) is 0.179. The first-order valence-electron chi connectivity index (χ1n) is 12.2. The number of hydrogen-bond acceptors (Lipinski definition) is 7. The predicted molar refractivity (Wildman–Crippen MR) is 150 cm³/mol. The van der Waals surface area contributed by atoms with Crippen molar-refractivity contribution in [3.63, 3.8) is 0 Å². The molecule has 41 heavy (non-hydrogen) atoms. The fourth-order valence-electron chi connectivity index (χ4n) is 3.56. The van der Waals surface area contributed by atoms with Gasteiger partial charge in [0.15, 0.2) is 16.6 Å². The molecule has 214 valence electrons. The normalized spacial score (nSPS) is 11.5. The highest BCUT2D eigenvalue weighted by atomic mass is 35.5. The second-order valence-corrected chi connectivity index (χ2v) is 9.73. The van der Waals surface area contributed by atoms with Crippen LogP contribution in [0.5, 0.6) is 11.5 Å². The van der Waals surface area contributed by atoms with E-state index in [1.807, 2.05) is 0 Å². The Bertz CT molecular complexity index is 1550. The van der Waals surface area contributed by atoms with Crippen LogP contribution in [0.15, 0.2) is 71.1 Å². The summed E-state index contributed by atoms with van der Waals surface area (Å²) >= 11 is 7.55. The summed E-state index contributed by atoms with van der Waals surface area (Å²) in [4.78, 5) is 16.6. The molecule has 0 aliphatic heterocycles. The SMILES string of the molecule is CCOc1cc(/C=N\NC(=O)Cc2csc(Nc3cccc(C(F)(F)F)c3)n2)cc(Cl)c1OCc1ccccc1F. The maximum atomic E-state index is 13.9. The lowest BCUT2D eigenvalue weighted by atomic mass is 10.2. The minimum atomic E-state index is -4.46. The van der Waals surface area contributed by atoms with E-state index >= 15 is 0 Å². The molecule has 0 fully saturated rings. The van der Waals surface area contributed by atoms with Gasteiger partial charge in [-0.05, 0) is 48.9 Å². The fourth-order valence-corrected chi connectivity index (χ4v) is 4.56. The Hall–Kier alpha value is -4.16. The van der Waals surface area contributed by atoms with Crippen molar-refractivity contribution in [1.82, 2.24) is 10.4 Å². The van der Waals surface area contributed by atoms with Crippen LogP contribution in [0.25, 0.3) is 0 Å². The van der Waals surface area contributed by atoms with Crippen molar-refractivity contribution in [3.8, 4) is 11.5 Å². The molecule has 1 aromatic heterocycles. The monoisotopic (exact) mass is 606 g/mol. The highest BCUT2D eigenvalue weighted by molar-refractivity contribution is 7.13. The summed E-state index contributed by atoms with van der Waals surface area (Å²) in [7, 11) is 0. The number of amides is 1. The van der Waals surface area contributed by atoms with Crippen molar-refractivity contribution in [2.45, 2.75) is 26.1 Å². The van der Waals surface area contributed by atoms with E-state index in [-0.39, 0.29) is 29.5 Å². The zero-order chi connectivity index (χ0) is 29.4. The Morgan fingerprint density at radius 3 is 2.68 bits per heavy atom. The van der Waals surface area contributed by atoms with Crippen molar-refractivity contribution in [3.05, 3.63) is 99.3 Å². The summed E-state index contributed by atoms with van der Waals surface area (Å²) in [5, 5.41) is 8.93. The number of aromatic nitrogens is 1. The first kappa shape index (κ1) is 29.8. The van der Waals surface area contributed by atoms with Crippen molar-refractivity contribution in [1.29, 1.82) is 0 Å². The third kappa shape index (κ3) is 8.41. The van der Waals surface area contributed by atoms with Crippen LogP contribution in [0.1, 0.15) is 29.3 Å². The van der Waals surface area contributed by atoms with Crippen molar-refractivity contribution in [2.75, 3.05) is 11.9 Å². The average molecular weight is 607 g/mol. The number of alkyl halides is 3. The largest absolute Gasteiger partial charge is 0.490 e. The quantitative estimate of drug-likeness (QED) is 0.106. The summed E-state index contributed by atoms with van der Waals surface area (Å²) in [6.45, 7) is 2.06. The number of halogens is 5. The topological polar surface area (TPSA) is 84.8 Å². The first-order chi connectivity index (χ1) is 19.6. The number of benzene rings is 3. The molecule has 0 spiro atoms. The lowest BCUT2D eigenvalue weighted by Gasteiger charge is -2.14. The highest BCUT2D eigenvalue weighted by Crippen LogP contribution is 2.37. The molecule has 0 radical (unpaired) electrons. The molecule has 0 saturated carbocycles. The molecule has 1 heterocycles. The number of ether oxygens (including phenoxy) is 2. The summed E-state index contributed by atoms with van der Waals surface area (Å²) in [5.74, 6) is -0.288. The molecular weight excluding hydrogens is 584 g/mol. The maximum absolute atomic E-state index is 13.9. The second kappa shape index (κ2) is 13.5. The predicted octanol–water partition coefficient (Wildman–Crippen LogP) is 7.37. The third-order valence-corrected chi connectivity index (χ3v) is 6.49. The first-order valence-corrected chi connectivity index (χ1v) is 13.4. The van der Waals surface area contributed by atoms with Gasteiger partial charge in [0.2, 0.25) is 5.91 Å². The molecule has 4 rings (SSSR count). The average Bonchev–Trinajstić information content (AvgIpc) is 3.35. The molecule has 4 aromatic rings. The molecule has 0 atom stereocenters. The van der Waals surface area contributed by atoms with Crippen LogP contribution < -0.4 is 20.2 Å². The van der Waals surface area contributed by atoms with Crippen LogP contribution in [0, 0.1) is 5.82 Å². The molecule has 13 heteroatoms. The second-order valence-electron chi connectivity index (χ2n) is 8.46. The van der Waals surface area contributed by atoms with Gasteiger partial charge in [0.05, 0.1) is 35.5 Å². The van der Waals surface area contributed by atoms with E-state index < -0.39 is 23.5 Å². The van der Waals surface area contributed by atoms with Crippen LogP contribution in [0.2, 0.25) is 5.02 Å². The summed E-state index contributed by atoms with van der Waals surface area (Å²) < 4.78 is 64.1. The van der Waals surface area contributed by atoms with Gasteiger partial charge in [0.25, 0.3) is 0 Å². The number of anilines is 2.